The van der Waals surface area contributed by atoms with E-state index in [1.807, 2.05) is 42.5 Å². The van der Waals surface area contributed by atoms with Crippen LogP contribution in [0.15, 0.2) is 46.9 Å². The van der Waals surface area contributed by atoms with Crippen molar-refractivity contribution in [1.29, 1.82) is 0 Å². The van der Waals surface area contributed by atoms with Gasteiger partial charge in [-0.15, -0.1) is 0 Å². The minimum Gasteiger partial charge on any atom is -0.394 e. The Kier molecular flexibility index (Phi) is 6.06. The van der Waals surface area contributed by atoms with Crippen molar-refractivity contribution in [1.82, 2.24) is 0 Å². The Morgan fingerprint density at radius 2 is 2.05 bits per heavy atom. The van der Waals surface area contributed by atoms with E-state index in [0.29, 0.717) is 11.6 Å². The molecule has 0 radical (unpaired) electrons. The lowest BCUT2D eigenvalue weighted by Crippen LogP contribution is -2.17. The molecule has 1 unspecified atom stereocenters. The first-order valence-corrected chi connectivity index (χ1v) is 7.72. The van der Waals surface area contributed by atoms with E-state index in [4.69, 9.17) is 16.3 Å². The molecule has 21 heavy (non-hydrogen) atoms. The van der Waals surface area contributed by atoms with Gasteiger partial charge in [0.15, 0.2) is 0 Å². The Morgan fingerprint density at radius 1 is 1.29 bits per heavy atom. The van der Waals surface area contributed by atoms with E-state index in [0.717, 1.165) is 21.3 Å². The fourth-order valence-electron chi connectivity index (χ4n) is 2.17. The number of hydrogen-bond donors (Lipinski definition) is 2. The predicted octanol–water partition coefficient (Wildman–Crippen LogP) is 4.39. The highest BCUT2D eigenvalue weighted by atomic mass is 79.9. The Bertz CT molecular complexity index is 607. The lowest BCUT2D eigenvalue weighted by Gasteiger charge is -2.21. The summed E-state index contributed by atoms with van der Waals surface area (Å²) >= 11 is 9.39. The molecule has 0 fully saturated rings. The molecule has 5 heteroatoms. The number of anilines is 1. The van der Waals surface area contributed by atoms with Gasteiger partial charge in [0, 0.05) is 17.3 Å². The van der Waals surface area contributed by atoms with E-state index >= 15 is 0 Å². The van der Waals surface area contributed by atoms with Gasteiger partial charge in [-0.3, -0.25) is 0 Å². The lowest BCUT2D eigenvalue weighted by atomic mass is 10.0. The van der Waals surface area contributed by atoms with Gasteiger partial charge in [0.05, 0.1) is 24.3 Å². The third kappa shape index (κ3) is 4.20. The standard InChI is InChI=1S/C16H17BrClNO2/c1-21-10-11-4-2-3-5-13(11)16(9-20)19-12-6-7-15(18)14(17)8-12/h2-8,16,19-20H,9-10H2,1H3. The Balaban J connectivity index is 2.25. The average molecular weight is 371 g/mol. The molecular formula is C16H17BrClNO2. The van der Waals surface area contributed by atoms with Gasteiger partial charge in [0.1, 0.15) is 0 Å². The summed E-state index contributed by atoms with van der Waals surface area (Å²) in [6.45, 7) is 0.500. The topological polar surface area (TPSA) is 41.5 Å². The zero-order valence-electron chi connectivity index (χ0n) is 11.6. The zero-order chi connectivity index (χ0) is 15.2. The molecule has 2 rings (SSSR count). The molecule has 0 saturated heterocycles. The summed E-state index contributed by atoms with van der Waals surface area (Å²) in [6, 6.07) is 13.3. The van der Waals surface area contributed by atoms with Crippen LogP contribution in [-0.4, -0.2) is 18.8 Å². The van der Waals surface area contributed by atoms with Gasteiger partial charge in [-0.1, -0.05) is 35.9 Å². The molecule has 2 aromatic rings. The third-order valence-corrected chi connectivity index (χ3v) is 4.39. The molecule has 3 nitrogen and oxygen atoms in total. The molecule has 1 atom stereocenters. The molecule has 0 aliphatic carbocycles. The van der Waals surface area contributed by atoms with Crippen LogP contribution in [0, 0.1) is 0 Å². The number of aliphatic hydroxyl groups is 1. The second-order valence-corrected chi connectivity index (χ2v) is 5.90. The minimum absolute atomic E-state index is 0.0129. The quantitative estimate of drug-likeness (QED) is 0.792. The molecule has 112 valence electrons. The maximum absolute atomic E-state index is 9.72. The van der Waals surface area contributed by atoms with Gasteiger partial charge in [0.2, 0.25) is 0 Å². The second kappa shape index (κ2) is 7.80. The van der Waals surface area contributed by atoms with Crippen molar-refractivity contribution in [3.63, 3.8) is 0 Å². The predicted molar refractivity (Wildman–Crippen MR) is 89.8 cm³/mol. The van der Waals surface area contributed by atoms with Crippen molar-refractivity contribution in [3.05, 3.63) is 63.1 Å². The van der Waals surface area contributed by atoms with E-state index in [1.54, 1.807) is 7.11 Å². The van der Waals surface area contributed by atoms with Gasteiger partial charge >= 0.3 is 0 Å². The summed E-state index contributed by atoms with van der Waals surface area (Å²) in [7, 11) is 1.66. The molecular weight excluding hydrogens is 354 g/mol. The van der Waals surface area contributed by atoms with Crippen molar-refractivity contribution in [3.8, 4) is 0 Å². The van der Waals surface area contributed by atoms with E-state index in [9.17, 15) is 5.11 Å². The highest BCUT2D eigenvalue weighted by molar-refractivity contribution is 9.10. The van der Waals surface area contributed by atoms with Gasteiger partial charge in [-0.25, -0.2) is 0 Å². The molecule has 0 amide bonds. The highest BCUT2D eigenvalue weighted by Gasteiger charge is 2.14. The highest BCUT2D eigenvalue weighted by Crippen LogP contribution is 2.28. The fraction of sp³-hybridized carbons (Fsp3) is 0.250. The van der Waals surface area contributed by atoms with E-state index < -0.39 is 0 Å². The average Bonchev–Trinajstić information content (AvgIpc) is 2.49. The van der Waals surface area contributed by atoms with Crippen LogP contribution in [0.1, 0.15) is 17.2 Å². The Labute approximate surface area is 138 Å². The summed E-state index contributed by atoms with van der Waals surface area (Å²) in [4.78, 5) is 0. The minimum atomic E-state index is -0.204. The van der Waals surface area contributed by atoms with Crippen LogP contribution in [0.3, 0.4) is 0 Å². The van der Waals surface area contributed by atoms with Crippen molar-refractivity contribution >= 4 is 33.2 Å². The van der Waals surface area contributed by atoms with E-state index in [1.165, 1.54) is 0 Å². The van der Waals surface area contributed by atoms with Crippen LogP contribution >= 0.6 is 27.5 Å². The second-order valence-electron chi connectivity index (χ2n) is 4.64. The number of hydrogen-bond acceptors (Lipinski definition) is 3. The summed E-state index contributed by atoms with van der Waals surface area (Å²) in [5.41, 5.74) is 2.96. The first-order chi connectivity index (χ1) is 10.2. The van der Waals surface area contributed by atoms with Gasteiger partial charge in [-0.05, 0) is 45.3 Å². The monoisotopic (exact) mass is 369 g/mol. The Hall–Kier alpha value is -1.07. The maximum Gasteiger partial charge on any atom is 0.0748 e. The smallest absolute Gasteiger partial charge is 0.0748 e. The number of ether oxygens (including phenoxy) is 1. The molecule has 0 saturated carbocycles. The van der Waals surface area contributed by atoms with Crippen LogP contribution in [-0.2, 0) is 11.3 Å². The third-order valence-electron chi connectivity index (χ3n) is 3.17. The summed E-state index contributed by atoms with van der Waals surface area (Å²) in [5.74, 6) is 0. The Morgan fingerprint density at radius 3 is 2.71 bits per heavy atom. The number of halogens is 2. The van der Waals surface area contributed by atoms with Crippen LogP contribution in [0.25, 0.3) is 0 Å². The number of benzene rings is 2. The first kappa shape index (κ1) is 16.3. The SMILES string of the molecule is COCc1ccccc1C(CO)Nc1ccc(Cl)c(Br)c1. The molecule has 0 aliphatic rings. The number of nitrogens with one attached hydrogen (secondary N) is 1. The number of aliphatic hydroxyl groups excluding tert-OH is 1. The molecule has 0 heterocycles. The summed E-state index contributed by atoms with van der Waals surface area (Å²) in [6.07, 6.45) is 0. The van der Waals surface area contributed by atoms with Gasteiger partial charge < -0.3 is 15.2 Å². The number of rotatable bonds is 6. The normalized spacial score (nSPS) is 12.2. The molecule has 2 N–H and O–H groups in total. The van der Waals surface area contributed by atoms with Crippen molar-refractivity contribution in [2.45, 2.75) is 12.6 Å². The fourth-order valence-corrected chi connectivity index (χ4v) is 2.67. The molecule has 2 aromatic carbocycles. The molecule has 0 aromatic heterocycles. The van der Waals surface area contributed by atoms with Crippen LogP contribution in [0.4, 0.5) is 5.69 Å². The molecule has 0 spiro atoms. The van der Waals surface area contributed by atoms with Crippen molar-refractivity contribution in [2.24, 2.45) is 0 Å². The van der Waals surface area contributed by atoms with Crippen LogP contribution in [0.5, 0.6) is 0 Å². The molecule has 0 aliphatic heterocycles. The maximum atomic E-state index is 9.72. The first-order valence-electron chi connectivity index (χ1n) is 6.55. The zero-order valence-corrected chi connectivity index (χ0v) is 14.0. The lowest BCUT2D eigenvalue weighted by molar-refractivity contribution is 0.183. The van der Waals surface area contributed by atoms with Crippen molar-refractivity contribution < 1.29 is 9.84 Å². The van der Waals surface area contributed by atoms with E-state index in [2.05, 4.69) is 21.2 Å². The largest absolute Gasteiger partial charge is 0.394 e. The number of methoxy groups -OCH3 is 1. The summed E-state index contributed by atoms with van der Waals surface area (Å²) < 4.78 is 6.03. The van der Waals surface area contributed by atoms with Gasteiger partial charge in [-0.2, -0.15) is 0 Å². The van der Waals surface area contributed by atoms with Crippen molar-refractivity contribution in [2.75, 3.05) is 19.0 Å². The van der Waals surface area contributed by atoms with Crippen LogP contribution in [0.2, 0.25) is 5.02 Å². The van der Waals surface area contributed by atoms with Gasteiger partial charge in [0.25, 0.3) is 0 Å². The summed E-state index contributed by atoms with van der Waals surface area (Å²) in [5, 5.41) is 13.7. The van der Waals surface area contributed by atoms with Crippen LogP contribution < -0.4 is 5.32 Å². The molecule has 0 bridgehead atoms. The van der Waals surface area contributed by atoms with E-state index in [-0.39, 0.29) is 12.6 Å².